The van der Waals surface area contributed by atoms with Gasteiger partial charge in [-0.2, -0.15) is 18.4 Å². The van der Waals surface area contributed by atoms with E-state index in [1.54, 1.807) is 48.0 Å². The Morgan fingerprint density at radius 3 is 2.43 bits per heavy atom. The Morgan fingerprint density at radius 1 is 1.02 bits per heavy atom. The number of fused-ring (bicyclic) bond motifs is 2. The minimum absolute atomic E-state index is 0.118. The number of aryl methyl sites for hydroxylation is 2. The summed E-state index contributed by atoms with van der Waals surface area (Å²) in [6, 6.07) is 17.4. The number of alkyl halides is 3. The van der Waals surface area contributed by atoms with Crippen molar-refractivity contribution >= 4 is 39.6 Å². The van der Waals surface area contributed by atoms with Gasteiger partial charge < -0.3 is 15.6 Å². The monoisotopic (exact) mass is 566 g/mol. The lowest BCUT2D eigenvalue weighted by Crippen LogP contribution is -2.15. The van der Waals surface area contributed by atoms with Crippen molar-refractivity contribution in [3.8, 4) is 17.4 Å². The lowest BCUT2D eigenvalue weighted by atomic mass is 10.1. The molecule has 42 heavy (non-hydrogen) atoms. The van der Waals surface area contributed by atoms with Gasteiger partial charge in [-0.15, -0.1) is 0 Å². The quantitative estimate of drug-likeness (QED) is 0.265. The number of aromatic nitrogens is 5. The molecule has 208 valence electrons. The molecule has 12 heteroatoms. The Bertz CT molecular complexity index is 2090. The molecule has 3 N–H and O–H groups in total. The average molecular weight is 567 g/mol. The number of halogens is 3. The van der Waals surface area contributed by atoms with Crippen LogP contribution in [-0.4, -0.2) is 30.0 Å². The van der Waals surface area contributed by atoms with Crippen LogP contribution >= 0.6 is 0 Å². The Hall–Kier alpha value is -5.70. The Morgan fingerprint density at radius 2 is 1.76 bits per heavy atom. The summed E-state index contributed by atoms with van der Waals surface area (Å²) >= 11 is 0. The van der Waals surface area contributed by atoms with Gasteiger partial charge in [0.1, 0.15) is 23.0 Å². The summed E-state index contributed by atoms with van der Waals surface area (Å²) in [5, 5.41) is 12.5. The first kappa shape index (κ1) is 26.5. The molecule has 0 saturated carbocycles. The van der Waals surface area contributed by atoms with Crippen LogP contribution in [0.4, 0.5) is 24.7 Å². The van der Waals surface area contributed by atoms with E-state index in [0.717, 1.165) is 17.7 Å². The molecule has 1 amide bonds. The molecule has 0 atom stereocenters. The molecule has 3 aromatic carbocycles. The van der Waals surface area contributed by atoms with Gasteiger partial charge in [-0.25, -0.2) is 15.0 Å². The SMILES string of the molecule is Cc1cn(-c2cc(C(=O)Nc3ccc(C)c(-n4c(N)c(C#N)c5nc6ccccc6nc54)c3)cc(C(F)(F)F)c2)cn1. The number of carbonyl (C=O) groups excluding carboxylic acids is 1. The fourth-order valence-corrected chi connectivity index (χ4v) is 4.76. The highest BCUT2D eigenvalue weighted by atomic mass is 19.4. The van der Waals surface area contributed by atoms with Gasteiger partial charge in [-0.1, -0.05) is 18.2 Å². The number of hydrogen-bond donors (Lipinski definition) is 2. The van der Waals surface area contributed by atoms with Gasteiger partial charge in [0.15, 0.2) is 5.65 Å². The maximum absolute atomic E-state index is 13.7. The third kappa shape index (κ3) is 4.56. The normalized spacial score (nSPS) is 11.6. The van der Waals surface area contributed by atoms with Crippen molar-refractivity contribution in [1.82, 2.24) is 24.1 Å². The van der Waals surface area contributed by atoms with E-state index < -0.39 is 17.6 Å². The smallest absolute Gasteiger partial charge is 0.384 e. The Kier molecular flexibility index (Phi) is 6.15. The maximum Gasteiger partial charge on any atom is 0.416 e. The third-order valence-electron chi connectivity index (χ3n) is 6.83. The predicted octanol–water partition coefficient (Wildman–Crippen LogP) is 6.10. The molecule has 9 nitrogen and oxygen atoms in total. The number of nitrogen functional groups attached to an aromatic ring is 1. The highest BCUT2D eigenvalue weighted by molar-refractivity contribution is 6.05. The van der Waals surface area contributed by atoms with Crippen LogP contribution in [0.15, 0.2) is 73.2 Å². The van der Waals surface area contributed by atoms with Gasteiger partial charge >= 0.3 is 6.18 Å². The number of nitrogens with two attached hydrogens (primary N) is 1. The molecule has 0 aliphatic heterocycles. The van der Waals surface area contributed by atoms with E-state index in [1.165, 1.54) is 17.0 Å². The third-order valence-corrected chi connectivity index (χ3v) is 6.83. The largest absolute Gasteiger partial charge is 0.416 e. The molecule has 6 rings (SSSR count). The summed E-state index contributed by atoms with van der Waals surface area (Å²) in [7, 11) is 0. The van der Waals surface area contributed by atoms with Gasteiger partial charge in [-0.05, 0) is 61.9 Å². The van der Waals surface area contributed by atoms with Gasteiger partial charge in [0, 0.05) is 23.1 Å². The molecule has 3 aromatic heterocycles. The van der Waals surface area contributed by atoms with E-state index in [9.17, 15) is 23.2 Å². The van der Waals surface area contributed by atoms with E-state index in [2.05, 4.69) is 21.4 Å². The number of nitriles is 1. The first-order valence-corrected chi connectivity index (χ1v) is 12.7. The van der Waals surface area contributed by atoms with Gasteiger partial charge in [0.25, 0.3) is 5.91 Å². The minimum Gasteiger partial charge on any atom is -0.384 e. The number of rotatable bonds is 4. The van der Waals surface area contributed by atoms with Crippen molar-refractivity contribution in [3.63, 3.8) is 0 Å². The molecule has 3 heterocycles. The second kappa shape index (κ2) is 9.74. The summed E-state index contributed by atoms with van der Waals surface area (Å²) in [5.41, 5.74) is 9.61. The number of anilines is 2. The van der Waals surface area contributed by atoms with Crippen LogP contribution in [0.3, 0.4) is 0 Å². The van der Waals surface area contributed by atoms with Crippen LogP contribution in [-0.2, 0) is 6.18 Å². The Balaban J connectivity index is 1.43. The summed E-state index contributed by atoms with van der Waals surface area (Å²) in [5.74, 6) is -0.629. The molecule has 0 fully saturated rings. The fraction of sp³-hybridized carbons (Fsp3) is 0.100. The predicted molar refractivity (Wildman–Crippen MR) is 151 cm³/mol. The highest BCUT2D eigenvalue weighted by Gasteiger charge is 2.32. The van der Waals surface area contributed by atoms with E-state index in [-0.39, 0.29) is 22.6 Å². The van der Waals surface area contributed by atoms with Gasteiger partial charge in [-0.3, -0.25) is 9.36 Å². The van der Waals surface area contributed by atoms with Crippen LogP contribution in [0.25, 0.3) is 33.6 Å². The number of hydrogen-bond acceptors (Lipinski definition) is 6. The molecule has 0 aliphatic carbocycles. The molecule has 0 unspecified atom stereocenters. The van der Waals surface area contributed by atoms with Gasteiger partial charge in [0.2, 0.25) is 0 Å². The molecule has 0 aliphatic rings. The fourth-order valence-electron chi connectivity index (χ4n) is 4.76. The van der Waals surface area contributed by atoms with Crippen molar-refractivity contribution in [2.75, 3.05) is 11.1 Å². The molecule has 0 saturated heterocycles. The van der Waals surface area contributed by atoms with Crippen molar-refractivity contribution in [2.45, 2.75) is 20.0 Å². The summed E-state index contributed by atoms with van der Waals surface area (Å²) in [6.45, 7) is 3.53. The molecular weight excluding hydrogens is 545 g/mol. The topological polar surface area (TPSA) is 127 Å². The van der Waals surface area contributed by atoms with Crippen LogP contribution in [0.1, 0.15) is 32.7 Å². The van der Waals surface area contributed by atoms with Crippen molar-refractivity contribution in [1.29, 1.82) is 5.26 Å². The zero-order valence-corrected chi connectivity index (χ0v) is 22.2. The molecule has 0 radical (unpaired) electrons. The van der Waals surface area contributed by atoms with E-state index in [4.69, 9.17) is 10.7 Å². The van der Waals surface area contributed by atoms with Crippen LogP contribution in [0.2, 0.25) is 0 Å². The summed E-state index contributed by atoms with van der Waals surface area (Å²) in [6.07, 6.45) is -1.72. The van der Waals surface area contributed by atoms with E-state index in [1.807, 2.05) is 19.1 Å². The van der Waals surface area contributed by atoms with Crippen LogP contribution in [0, 0.1) is 25.2 Å². The zero-order valence-electron chi connectivity index (χ0n) is 22.2. The van der Waals surface area contributed by atoms with E-state index >= 15 is 0 Å². The molecule has 0 spiro atoms. The molecular formula is C30H21F3N8O. The van der Waals surface area contributed by atoms with Gasteiger partial charge in [0.05, 0.1) is 34.3 Å². The summed E-state index contributed by atoms with van der Waals surface area (Å²) < 4.78 is 44.2. The first-order valence-electron chi connectivity index (χ1n) is 12.7. The molecule has 6 aromatic rings. The second-order valence-corrected chi connectivity index (χ2v) is 9.74. The number of amides is 1. The first-order chi connectivity index (χ1) is 20.0. The lowest BCUT2D eigenvalue weighted by molar-refractivity contribution is -0.137. The average Bonchev–Trinajstić information content (AvgIpc) is 3.51. The van der Waals surface area contributed by atoms with Crippen LogP contribution in [0.5, 0.6) is 0 Å². The van der Waals surface area contributed by atoms with Crippen molar-refractivity contribution < 1.29 is 18.0 Å². The van der Waals surface area contributed by atoms with Crippen LogP contribution < -0.4 is 11.1 Å². The van der Waals surface area contributed by atoms with E-state index in [0.29, 0.717) is 39.3 Å². The number of nitrogens with zero attached hydrogens (tertiary/aromatic N) is 6. The Labute approximate surface area is 236 Å². The second-order valence-electron chi connectivity index (χ2n) is 9.74. The minimum atomic E-state index is -4.67. The lowest BCUT2D eigenvalue weighted by Gasteiger charge is -2.15. The number of benzene rings is 3. The number of imidazole rings is 1. The van der Waals surface area contributed by atoms with Crippen molar-refractivity contribution in [3.05, 3.63) is 101 Å². The zero-order chi connectivity index (χ0) is 29.8. The van der Waals surface area contributed by atoms with Crippen molar-refractivity contribution in [2.24, 2.45) is 0 Å². The number of para-hydroxylation sites is 2. The number of carbonyl (C=O) groups is 1. The maximum atomic E-state index is 13.7. The summed E-state index contributed by atoms with van der Waals surface area (Å²) in [4.78, 5) is 26.7. The standard InChI is InChI=1S/C30H21F3N8O/c1-16-7-8-20(37-29(42)18-9-19(30(31,32)33)11-21(10-18)40-14-17(2)36-15-40)12-25(16)41-27(35)22(13-34)26-28(41)39-24-6-4-3-5-23(24)38-26/h3-12,14-15H,35H2,1-2H3,(H,37,42). The highest BCUT2D eigenvalue weighted by Crippen LogP contribution is 2.34. The number of nitrogens with one attached hydrogen (secondary N) is 1. The molecule has 0 bridgehead atoms.